The molecule has 0 spiro atoms. The Kier molecular flexibility index (Phi) is 3.83. The molecule has 0 aromatic carbocycles. The first kappa shape index (κ1) is 8.97. The van der Waals surface area contributed by atoms with Crippen molar-refractivity contribution >= 4 is 0 Å². The Morgan fingerprint density at radius 1 is 1.64 bits per heavy atom. The van der Waals surface area contributed by atoms with Crippen LogP contribution in [-0.2, 0) is 4.74 Å². The van der Waals surface area contributed by atoms with Crippen molar-refractivity contribution in [2.75, 3.05) is 13.2 Å². The molecule has 0 aromatic rings. The maximum Gasteiger partial charge on any atom is 0.108 e. The van der Waals surface area contributed by atoms with Gasteiger partial charge >= 0.3 is 0 Å². The van der Waals surface area contributed by atoms with Gasteiger partial charge in [0.1, 0.15) is 6.23 Å². The van der Waals surface area contributed by atoms with Crippen molar-refractivity contribution in [2.24, 2.45) is 0 Å². The van der Waals surface area contributed by atoms with Crippen LogP contribution >= 0.6 is 0 Å². The van der Waals surface area contributed by atoms with Gasteiger partial charge in [-0.3, -0.25) is 5.32 Å². The highest BCUT2D eigenvalue weighted by Crippen LogP contribution is 2.10. The summed E-state index contributed by atoms with van der Waals surface area (Å²) in [6.07, 6.45) is 3.66. The maximum absolute atomic E-state index is 8.74. The summed E-state index contributed by atoms with van der Waals surface area (Å²) >= 11 is 0. The Labute approximate surface area is 67.7 Å². The highest BCUT2D eigenvalue weighted by atomic mass is 16.5. The van der Waals surface area contributed by atoms with Crippen LogP contribution in [0.25, 0.3) is 0 Å². The molecule has 0 saturated carbocycles. The number of hydrogen-bond acceptors (Lipinski definition) is 3. The number of aliphatic hydroxyl groups excluding tert-OH is 1. The summed E-state index contributed by atoms with van der Waals surface area (Å²) in [7, 11) is 0. The van der Waals surface area contributed by atoms with Gasteiger partial charge < -0.3 is 9.84 Å². The second kappa shape index (κ2) is 4.70. The number of hydrogen-bond donors (Lipinski definition) is 2. The van der Waals surface area contributed by atoms with Gasteiger partial charge in [0.15, 0.2) is 0 Å². The van der Waals surface area contributed by atoms with Crippen LogP contribution in [-0.4, -0.2) is 30.6 Å². The van der Waals surface area contributed by atoms with E-state index in [4.69, 9.17) is 9.84 Å². The largest absolute Gasteiger partial charge is 0.394 e. The highest BCUT2D eigenvalue weighted by molar-refractivity contribution is 4.72. The number of rotatable bonds is 4. The SMILES string of the molecule is CCCCC1NCC(CO)O1. The van der Waals surface area contributed by atoms with Crippen molar-refractivity contribution in [3.63, 3.8) is 0 Å². The molecular weight excluding hydrogens is 142 g/mol. The predicted octanol–water partition coefficient (Wildman–Crippen LogP) is 0.483. The van der Waals surface area contributed by atoms with Crippen molar-refractivity contribution < 1.29 is 9.84 Å². The van der Waals surface area contributed by atoms with Crippen LogP contribution in [0.1, 0.15) is 26.2 Å². The van der Waals surface area contributed by atoms with Crippen LogP contribution in [0.5, 0.6) is 0 Å². The van der Waals surface area contributed by atoms with E-state index in [0.29, 0.717) is 0 Å². The lowest BCUT2D eigenvalue weighted by Gasteiger charge is -2.09. The lowest BCUT2D eigenvalue weighted by Crippen LogP contribution is -2.22. The van der Waals surface area contributed by atoms with Gasteiger partial charge in [-0.1, -0.05) is 13.3 Å². The second-order valence-electron chi connectivity index (χ2n) is 2.98. The van der Waals surface area contributed by atoms with Gasteiger partial charge in [0.05, 0.1) is 12.7 Å². The molecule has 0 bridgehead atoms. The smallest absolute Gasteiger partial charge is 0.108 e. The van der Waals surface area contributed by atoms with Crippen LogP contribution in [0, 0.1) is 0 Å². The zero-order valence-electron chi connectivity index (χ0n) is 7.05. The minimum Gasteiger partial charge on any atom is -0.394 e. The molecule has 2 N–H and O–H groups in total. The quantitative estimate of drug-likeness (QED) is 0.627. The second-order valence-corrected chi connectivity index (χ2v) is 2.98. The number of ether oxygens (including phenoxy) is 1. The van der Waals surface area contributed by atoms with Crippen LogP contribution in [0.15, 0.2) is 0 Å². The topological polar surface area (TPSA) is 41.5 Å². The molecule has 1 aliphatic rings. The molecular formula is C8H17NO2. The molecule has 0 aliphatic carbocycles. The Bertz CT molecular complexity index is 108. The van der Waals surface area contributed by atoms with Gasteiger partial charge in [-0.25, -0.2) is 0 Å². The van der Waals surface area contributed by atoms with Crippen LogP contribution in [0.4, 0.5) is 0 Å². The van der Waals surface area contributed by atoms with E-state index >= 15 is 0 Å². The van der Waals surface area contributed by atoms with Crippen molar-refractivity contribution in [3.05, 3.63) is 0 Å². The lowest BCUT2D eigenvalue weighted by atomic mass is 10.2. The maximum atomic E-state index is 8.74. The molecule has 1 rings (SSSR count). The molecule has 3 nitrogen and oxygen atoms in total. The molecule has 0 radical (unpaired) electrons. The number of aliphatic hydroxyl groups is 1. The normalized spacial score (nSPS) is 31.1. The minimum atomic E-state index is 0.0249. The van der Waals surface area contributed by atoms with Gasteiger partial charge in [0, 0.05) is 6.54 Å². The molecule has 1 heterocycles. The first-order valence-corrected chi connectivity index (χ1v) is 4.36. The fourth-order valence-electron chi connectivity index (χ4n) is 1.26. The average Bonchev–Trinajstić information content (AvgIpc) is 2.48. The van der Waals surface area contributed by atoms with E-state index in [1.807, 2.05) is 0 Å². The van der Waals surface area contributed by atoms with Gasteiger partial charge in [-0.05, 0) is 12.8 Å². The summed E-state index contributed by atoms with van der Waals surface area (Å²) < 4.78 is 5.45. The summed E-state index contributed by atoms with van der Waals surface area (Å²) in [4.78, 5) is 0. The van der Waals surface area contributed by atoms with Crippen molar-refractivity contribution in [1.82, 2.24) is 5.32 Å². The van der Waals surface area contributed by atoms with E-state index in [2.05, 4.69) is 12.2 Å². The highest BCUT2D eigenvalue weighted by Gasteiger charge is 2.22. The Hall–Kier alpha value is -0.120. The van der Waals surface area contributed by atoms with Gasteiger partial charge in [0.25, 0.3) is 0 Å². The van der Waals surface area contributed by atoms with E-state index in [0.717, 1.165) is 13.0 Å². The molecule has 11 heavy (non-hydrogen) atoms. The zero-order valence-corrected chi connectivity index (χ0v) is 7.05. The molecule has 2 unspecified atom stereocenters. The molecule has 0 aromatic heterocycles. The number of unbranched alkanes of at least 4 members (excludes halogenated alkanes) is 1. The van der Waals surface area contributed by atoms with Crippen LogP contribution in [0.2, 0.25) is 0 Å². The van der Waals surface area contributed by atoms with Crippen molar-refractivity contribution in [2.45, 2.75) is 38.5 Å². The Morgan fingerprint density at radius 2 is 2.45 bits per heavy atom. The fraction of sp³-hybridized carbons (Fsp3) is 1.00. The van der Waals surface area contributed by atoms with E-state index in [1.165, 1.54) is 12.8 Å². The molecule has 1 fully saturated rings. The summed E-state index contributed by atoms with van der Waals surface area (Å²) in [5, 5.41) is 12.0. The van der Waals surface area contributed by atoms with E-state index in [9.17, 15) is 0 Å². The van der Waals surface area contributed by atoms with Crippen LogP contribution in [0.3, 0.4) is 0 Å². The first-order valence-electron chi connectivity index (χ1n) is 4.36. The average molecular weight is 159 g/mol. The third-order valence-electron chi connectivity index (χ3n) is 1.95. The molecule has 1 saturated heterocycles. The van der Waals surface area contributed by atoms with Gasteiger partial charge in [0.2, 0.25) is 0 Å². The van der Waals surface area contributed by atoms with Crippen molar-refractivity contribution in [3.8, 4) is 0 Å². The predicted molar refractivity (Wildman–Crippen MR) is 43.3 cm³/mol. The zero-order chi connectivity index (χ0) is 8.10. The van der Waals surface area contributed by atoms with E-state index < -0.39 is 0 Å². The van der Waals surface area contributed by atoms with Crippen molar-refractivity contribution in [1.29, 1.82) is 0 Å². The van der Waals surface area contributed by atoms with E-state index in [-0.39, 0.29) is 18.9 Å². The lowest BCUT2D eigenvalue weighted by molar-refractivity contribution is 0.00655. The Balaban J connectivity index is 2.09. The monoisotopic (exact) mass is 159 g/mol. The summed E-state index contributed by atoms with van der Waals surface area (Å²) in [5.74, 6) is 0. The summed E-state index contributed by atoms with van der Waals surface area (Å²) in [6.45, 7) is 3.10. The van der Waals surface area contributed by atoms with Gasteiger partial charge in [-0.15, -0.1) is 0 Å². The third kappa shape index (κ3) is 2.77. The standard InChI is InChI=1S/C8H17NO2/c1-2-3-4-8-9-5-7(6-10)11-8/h7-10H,2-6H2,1H3. The molecule has 66 valence electrons. The molecule has 1 aliphatic heterocycles. The van der Waals surface area contributed by atoms with Crippen LogP contribution < -0.4 is 5.32 Å². The molecule has 2 atom stereocenters. The summed E-state index contributed by atoms with van der Waals surface area (Å²) in [6, 6.07) is 0. The summed E-state index contributed by atoms with van der Waals surface area (Å²) in [5.41, 5.74) is 0. The molecule has 3 heteroatoms. The van der Waals surface area contributed by atoms with E-state index in [1.54, 1.807) is 0 Å². The fourth-order valence-corrected chi connectivity index (χ4v) is 1.26. The Morgan fingerprint density at radius 3 is 3.00 bits per heavy atom. The first-order chi connectivity index (χ1) is 5.36. The van der Waals surface area contributed by atoms with Gasteiger partial charge in [-0.2, -0.15) is 0 Å². The third-order valence-corrected chi connectivity index (χ3v) is 1.95. The number of nitrogens with one attached hydrogen (secondary N) is 1. The minimum absolute atomic E-state index is 0.0249. The molecule has 0 amide bonds.